The Morgan fingerprint density at radius 1 is 1.29 bits per heavy atom. The largest absolute Gasteiger partial charge is 0.399 e. The monoisotopic (exact) mass is 275 g/mol. The molecule has 0 aliphatic heterocycles. The number of halogens is 1. The Balaban J connectivity index is 2.15. The molecule has 1 aromatic carbocycles. The van der Waals surface area contributed by atoms with Crippen molar-refractivity contribution >= 4 is 29.1 Å². The predicted molar refractivity (Wildman–Crippen MR) is 73.9 cm³/mol. The van der Waals surface area contributed by atoms with Gasteiger partial charge in [0.25, 0.3) is 0 Å². The Labute approximate surface area is 112 Å². The number of thioether (sulfide) groups is 1. The molecule has 5 heteroatoms. The van der Waals surface area contributed by atoms with Crippen molar-refractivity contribution in [2.24, 2.45) is 0 Å². The summed E-state index contributed by atoms with van der Waals surface area (Å²) in [5.74, 6) is 0.968. The van der Waals surface area contributed by atoms with Gasteiger partial charge in [-0.3, -0.25) is 0 Å². The molecule has 2 N–H and O–H groups in total. The highest BCUT2D eigenvalue weighted by Gasteiger charge is 2.01. The molecule has 0 aromatic heterocycles. The second-order valence-corrected chi connectivity index (χ2v) is 5.04. The van der Waals surface area contributed by atoms with E-state index in [1.165, 1.54) is 0 Å². The molecule has 0 unspecified atom stereocenters. The number of methoxy groups -OCH3 is 1. The molecule has 0 fully saturated rings. The fourth-order valence-electron chi connectivity index (χ4n) is 1.22. The van der Waals surface area contributed by atoms with Gasteiger partial charge < -0.3 is 15.2 Å². The van der Waals surface area contributed by atoms with Gasteiger partial charge in [0.05, 0.1) is 18.2 Å². The Kier molecular flexibility index (Phi) is 7.44. The molecule has 17 heavy (non-hydrogen) atoms. The zero-order chi connectivity index (χ0) is 12.5. The van der Waals surface area contributed by atoms with Crippen molar-refractivity contribution in [1.82, 2.24) is 0 Å². The molecule has 0 bridgehead atoms. The van der Waals surface area contributed by atoms with E-state index in [0.29, 0.717) is 13.2 Å². The van der Waals surface area contributed by atoms with Gasteiger partial charge in [-0.1, -0.05) is 11.6 Å². The van der Waals surface area contributed by atoms with Gasteiger partial charge in [-0.2, -0.15) is 0 Å². The van der Waals surface area contributed by atoms with E-state index in [0.717, 1.165) is 34.4 Å². The van der Waals surface area contributed by atoms with Gasteiger partial charge in [-0.25, -0.2) is 0 Å². The average Bonchev–Trinajstić information content (AvgIpc) is 2.32. The average molecular weight is 276 g/mol. The van der Waals surface area contributed by atoms with Gasteiger partial charge in [0, 0.05) is 30.1 Å². The summed E-state index contributed by atoms with van der Waals surface area (Å²) in [6, 6.07) is 5.54. The summed E-state index contributed by atoms with van der Waals surface area (Å²) >= 11 is 7.76. The lowest BCUT2D eigenvalue weighted by Gasteiger charge is -2.06. The fraction of sp³-hybridized carbons (Fsp3) is 0.500. The third-order valence-electron chi connectivity index (χ3n) is 2.08. The predicted octanol–water partition coefficient (Wildman–Crippen LogP) is 3.07. The molecular weight excluding hydrogens is 258 g/mol. The number of benzene rings is 1. The van der Waals surface area contributed by atoms with Crippen LogP contribution in [-0.2, 0) is 9.47 Å². The van der Waals surface area contributed by atoms with Crippen LogP contribution < -0.4 is 5.73 Å². The Morgan fingerprint density at radius 3 is 2.88 bits per heavy atom. The van der Waals surface area contributed by atoms with Crippen LogP contribution in [0.2, 0.25) is 5.02 Å². The molecule has 1 rings (SSSR count). The Bertz CT molecular complexity index is 336. The first kappa shape index (κ1) is 14.6. The number of rotatable bonds is 8. The summed E-state index contributed by atoms with van der Waals surface area (Å²) in [6.07, 6.45) is 0.986. The minimum absolute atomic E-state index is 0.647. The number of nitrogens with two attached hydrogens (primary N) is 1. The molecule has 0 aliphatic carbocycles. The van der Waals surface area contributed by atoms with Crippen LogP contribution in [0.1, 0.15) is 6.42 Å². The maximum atomic E-state index is 6.05. The molecule has 0 spiro atoms. The van der Waals surface area contributed by atoms with E-state index in [4.69, 9.17) is 26.8 Å². The smallest absolute Gasteiger partial charge is 0.0700 e. The van der Waals surface area contributed by atoms with E-state index < -0.39 is 0 Å². The van der Waals surface area contributed by atoms with Crippen LogP contribution in [0.5, 0.6) is 0 Å². The number of hydrogen-bond acceptors (Lipinski definition) is 4. The molecule has 3 nitrogen and oxygen atoms in total. The van der Waals surface area contributed by atoms with Gasteiger partial charge in [0.1, 0.15) is 0 Å². The number of nitrogen functional groups attached to an aromatic ring is 1. The van der Waals surface area contributed by atoms with Gasteiger partial charge in [0.2, 0.25) is 0 Å². The fourth-order valence-corrected chi connectivity index (χ4v) is 2.41. The molecule has 0 aliphatic rings. The van der Waals surface area contributed by atoms with Gasteiger partial charge >= 0.3 is 0 Å². The zero-order valence-electron chi connectivity index (χ0n) is 9.95. The van der Waals surface area contributed by atoms with Crippen molar-refractivity contribution in [1.29, 1.82) is 0 Å². The second-order valence-electron chi connectivity index (χ2n) is 3.50. The van der Waals surface area contributed by atoms with Crippen molar-refractivity contribution in [3.8, 4) is 0 Å². The SMILES string of the molecule is COCCOCCCSc1cc(N)ccc1Cl. The summed E-state index contributed by atoms with van der Waals surface area (Å²) in [4.78, 5) is 1.03. The van der Waals surface area contributed by atoms with Gasteiger partial charge in [-0.05, 0) is 24.6 Å². The normalized spacial score (nSPS) is 10.7. The zero-order valence-corrected chi connectivity index (χ0v) is 11.5. The molecule has 0 saturated heterocycles. The van der Waals surface area contributed by atoms with E-state index in [1.807, 2.05) is 12.1 Å². The number of ether oxygens (including phenoxy) is 2. The maximum absolute atomic E-state index is 6.05. The summed E-state index contributed by atoms with van der Waals surface area (Å²) in [6.45, 7) is 2.05. The van der Waals surface area contributed by atoms with Crippen LogP contribution in [0, 0.1) is 0 Å². The number of hydrogen-bond donors (Lipinski definition) is 1. The van der Waals surface area contributed by atoms with E-state index in [1.54, 1.807) is 24.9 Å². The molecule has 0 saturated carbocycles. The standard InChI is InChI=1S/C12H18ClNO2S/c1-15-6-7-16-5-2-8-17-12-9-10(14)3-4-11(12)13/h3-4,9H,2,5-8,14H2,1H3. The van der Waals surface area contributed by atoms with Gasteiger partial charge in [0.15, 0.2) is 0 Å². The molecule has 1 aromatic rings. The molecule has 0 atom stereocenters. The lowest BCUT2D eigenvalue weighted by Crippen LogP contribution is -2.03. The topological polar surface area (TPSA) is 44.5 Å². The third kappa shape index (κ3) is 6.17. The summed E-state index contributed by atoms with van der Waals surface area (Å²) in [5, 5.41) is 0.754. The second kappa shape index (κ2) is 8.64. The van der Waals surface area contributed by atoms with Crippen molar-refractivity contribution in [2.45, 2.75) is 11.3 Å². The van der Waals surface area contributed by atoms with Crippen LogP contribution in [0.4, 0.5) is 5.69 Å². The van der Waals surface area contributed by atoms with E-state index in [9.17, 15) is 0 Å². The first-order chi connectivity index (χ1) is 8.24. The van der Waals surface area contributed by atoms with Crippen molar-refractivity contribution in [3.05, 3.63) is 23.2 Å². The van der Waals surface area contributed by atoms with Crippen LogP contribution in [0.15, 0.2) is 23.1 Å². The van der Waals surface area contributed by atoms with E-state index >= 15 is 0 Å². The number of anilines is 1. The Morgan fingerprint density at radius 2 is 2.12 bits per heavy atom. The Hall–Kier alpha value is -0.420. The third-order valence-corrected chi connectivity index (χ3v) is 3.66. The molecule has 96 valence electrons. The first-order valence-electron chi connectivity index (χ1n) is 5.48. The molecule has 0 radical (unpaired) electrons. The highest BCUT2D eigenvalue weighted by molar-refractivity contribution is 7.99. The molecule has 0 heterocycles. The summed E-state index contributed by atoms with van der Waals surface area (Å²) in [5.41, 5.74) is 6.45. The highest BCUT2D eigenvalue weighted by atomic mass is 35.5. The lowest BCUT2D eigenvalue weighted by atomic mass is 10.3. The van der Waals surface area contributed by atoms with E-state index in [-0.39, 0.29) is 0 Å². The van der Waals surface area contributed by atoms with Crippen LogP contribution in [0.25, 0.3) is 0 Å². The maximum Gasteiger partial charge on any atom is 0.0700 e. The molecule has 0 amide bonds. The van der Waals surface area contributed by atoms with Crippen molar-refractivity contribution < 1.29 is 9.47 Å². The molecular formula is C12H18ClNO2S. The van der Waals surface area contributed by atoms with Crippen LogP contribution >= 0.6 is 23.4 Å². The van der Waals surface area contributed by atoms with Crippen LogP contribution in [0.3, 0.4) is 0 Å². The lowest BCUT2D eigenvalue weighted by molar-refractivity contribution is 0.0713. The van der Waals surface area contributed by atoms with Crippen molar-refractivity contribution in [3.63, 3.8) is 0 Å². The first-order valence-corrected chi connectivity index (χ1v) is 6.85. The summed E-state index contributed by atoms with van der Waals surface area (Å²) in [7, 11) is 1.67. The quantitative estimate of drug-likeness (QED) is 0.450. The minimum Gasteiger partial charge on any atom is -0.399 e. The minimum atomic E-state index is 0.647. The van der Waals surface area contributed by atoms with Gasteiger partial charge in [-0.15, -0.1) is 11.8 Å². The summed E-state index contributed by atoms with van der Waals surface area (Å²) < 4.78 is 10.3. The van der Waals surface area contributed by atoms with Crippen molar-refractivity contribution in [2.75, 3.05) is 38.4 Å². The highest BCUT2D eigenvalue weighted by Crippen LogP contribution is 2.29. The van der Waals surface area contributed by atoms with E-state index in [2.05, 4.69) is 0 Å². The van der Waals surface area contributed by atoms with Crippen LogP contribution in [-0.4, -0.2) is 32.7 Å².